The third kappa shape index (κ3) is 3.02. The van der Waals surface area contributed by atoms with E-state index < -0.39 is 0 Å². The van der Waals surface area contributed by atoms with Gasteiger partial charge in [-0.25, -0.2) is 4.98 Å². The Morgan fingerprint density at radius 2 is 1.74 bits per heavy atom. The van der Waals surface area contributed by atoms with Crippen molar-refractivity contribution < 1.29 is 0 Å². The third-order valence-corrected chi connectivity index (χ3v) is 3.85. The van der Waals surface area contributed by atoms with Crippen molar-refractivity contribution >= 4 is 17.2 Å². The monoisotopic (exact) mass is 308 g/mol. The molecule has 23 heavy (non-hydrogen) atoms. The normalized spacial score (nSPS) is 11.2. The maximum atomic E-state index is 4.84. The fraction of sp³-hybridized carbons (Fsp3) is 0.316. The quantitative estimate of drug-likeness (QED) is 0.784. The molecule has 0 fully saturated rings. The van der Waals surface area contributed by atoms with E-state index in [0.29, 0.717) is 6.04 Å². The number of anilines is 2. The fourth-order valence-corrected chi connectivity index (χ4v) is 2.68. The maximum Gasteiger partial charge on any atom is 0.139 e. The van der Waals surface area contributed by atoms with Gasteiger partial charge in [0.2, 0.25) is 0 Å². The van der Waals surface area contributed by atoms with Gasteiger partial charge in [0, 0.05) is 37.6 Å². The fourth-order valence-electron chi connectivity index (χ4n) is 2.68. The first kappa shape index (κ1) is 15.4. The lowest BCUT2D eigenvalue weighted by Crippen LogP contribution is -2.12. The van der Waals surface area contributed by atoms with Crippen LogP contribution in [0.5, 0.6) is 0 Å². The van der Waals surface area contributed by atoms with Gasteiger partial charge in [0.1, 0.15) is 17.2 Å². The van der Waals surface area contributed by atoms with Gasteiger partial charge in [-0.1, -0.05) is 18.2 Å². The van der Waals surface area contributed by atoms with Gasteiger partial charge in [-0.05, 0) is 44.5 Å². The van der Waals surface area contributed by atoms with E-state index in [1.807, 2.05) is 0 Å². The molecule has 4 heteroatoms. The van der Waals surface area contributed by atoms with Crippen LogP contribution >= 0.6 is 0 Å². The molecule has 0 spiro atoms. The first-order chi connectivity index (χ1) is 11.0. The zero-order valence-electron chi connectivity index (χ0n) is 14.5. The predicted molar refractivity (Wildman–Crippen MR) is 98.5 cm³/mol. The zero-order chi connectivity index (χ0) is 16.6. The summed E-state index contributed by atoms with van der Waals surface area (Å²) in [4.78, 5) is 6.94. The second-order valence-corrected chi connectivity index (χ2v) is 6.48. The van der Waals surface area contributed by atoms with Crippen molar-refractivity contribution in [2.45, 2.75) is 26.8 Å². The summed E-state index contributed by atoms with van der Waals surface area (Å²) in [6, 6.07) is 13.0. The highest BCUT2D eigenvalue weighted by Gasteiger charge is 2.15. The van der Waals surface area contributed by atoms with Gasteiger partial charge in [0.05, 0.1) is 0 Å². The minimum absolute atomic E-state index is 0.343. The van der Waals surface area contributed by atoms with Crippen LogP contribution in [0.4, 0.5) is 11.5 Å². The van der Waals surface area contributed by atoms with Gasteiger partial charge in [0.15, 0.2) is 0 Å². The molecule has 0 saturated carbocycles. The van der Waals surface area contributed by atoms with Gasteiger partial charge in [-0.3, -0.25) is 4.40 Å². The highest BCUT2D eigenvalue weighted by Crippen LogP contribution is 2.30. The molecular formula is C19H24N4. The molecular weight excluding hydrogens is 284 g/mol. The van der Waals surface area contributed by atoms with Crippen LogP contribution < -0.4 is 10.2 Å². The minimum Gasteiger partial charge on any atom is -0.378 e. The van der Waals surface area contributed by atoms with Crippen LogP contribution in [-0.2, 0) is 0 Å². The van der Waals surface area contributed by atoms with E-state index in [9.17, 15) is 0 Å². The average molecular weight is 308 g/mol. The summed E-state index contributed by atoms with van der Waals surface area (Å²) in [5, 5.41) is 3.55. The number of imidazole rings is 1. The summed E-state index contributed by atoms with van der Waals surface area (Å²) in [6.45, 7) is 6.40. The number of aromatic nitrogens is 2. The topological polar surface area (TPSA) is 32.6 Å². The molecule has 2 heterocycles. The van der Waals surface area contributed by atoms with Crippen LogP contribution in [0.15, 0.2) is 42.6 Å². The van der Waals surface area contributed by atoms with E-state index in [2.05, 4.69) is 92.1 Å². The maximum absolute atomic E-state index is 4.84. The highest BCUT2D eigenvalue weighted by atomic mass is 15.1. The third-order valence-electron chi connectivity index (χ3n) is 3.85. The van der Waals surface area contributed by atoms with Gasteiger partial charge in [0.25, 0.3) is 0 Å². The van der Waals surface area contributed by atoms with Gasteiger partial charge < -0.3 is 10.2 Å². The Morgan fingerprint density at radius 1 is 1.04 bits per heavy atom. The number of nitrogens with one attached hydrogen (secondary N) is 1. The van der Waals surface area contributed by atoms with E-state index in [1.54, 1.807) is 0 Å². The molecule has 0 aliphatic rings. The van der Waals surface area contributed by atoms with Crippen LogP contribution in [0.3, 0.4) is 0 Å². The molecule has 0 unspecified atom stereocenters. The zero-order valence-corrected chi connectivity index (χ0v) is 14.5. The first-order valence-electron chi connectivity index (χ1n) is 7.98. The minimum atomic E-state index is 0.343. The summed E-state index contributed by atoms with van der Waals surface area (Å²) in [5.41, 5.74) is 5.49. The molecule has 3 rings (SSSR count). The second-order valence-electron chi connectivity index (χ2n) is 6.48. The van der Waals surface area contributed by atoms with E-state index in [1.165, 1.54) is 11.3 Å². The summed E-state index contributed by atoms with van der Waals surface area (Å²) in [7, 11) is 4.10. The van der Waals surface area contributed by atoms with Crippen LogP contribution in [0.1, 0.15) is 19.4 Å². The molecule has 0 aliphatic carbocycles. The van der Waals surface area contributed by atoms with Crippen molar-refractivity contribution in [3.63, 3.8) is 0 Å². The Labute approximate surface area is 137 Å². The van der Waals surface area contributed by atoms with Crippen molar-refractivity contribution in [2.75, 3.05) is 24.3 Å². The SMILES string of the molecule is Cc1ccc2nc(-c3ccc(N(C)C)cc3)c(NC(C)C)n2c1. The summed E-state index contributed by atoms with van der Waals surface area (Å²) in [6.07, 6.45) is 2.13. The largest absolute Gasteiger partial charge is 0.378 e. The van der Waals surface area contributed by atoms with Crippen LogP contribution in [0.2, 0.25) is 0 Å². The summed E-state index contributed by atoms with van der Waals surface area (Å²) >= 11 is 0. The number of fused-ring (bicyclic) bond motifs is 1. The number of pyridine rings is 1. The molecule has 0 radical (unpaired) electrons. The number of nitrogens with zero attached hydrogens (tertiary/aromatic N) is 3. The lowest BCUT2D eigenvalue weighted by molar-refractivity contribution is 0.885. The van der Waals surface area contributed by atoms with Crippen molar-refractivity contribution in [3.05, 3.63) is 48.2 Å². The van der Waals surface area contributed by atoms with Crippen molar-refractivity contribution in [1.82, 2.24) is 9.38 Å². The van der Waals surface area contributed by atoms with Crippen LogP contribution in [-0.4, -0.2) is 29.5 Å². The predicted octanol–water partition coefficient (Wildman–Crippen LogP) is 4.20. The molecule has 120 valence electrons. The average Bonchev–Trinajstić information content (AvgIpc) is 2.85. The smallest absolute Gasteiger partial charge is 0.139 e. The summed E-state index contributed by atoms with van der Waals surface area (Å²) in [5.74, 6) is 1.05. The van der Waals surface area contributed by atoms with E-state index >= 15 is 0 Å². The molecule has 0 amide bonds. The van der Waals surface area contributed by atoms with Crippen molar-refractivity contribution in [1.29, 1.82) is 0 Å². The Hall–Kier alpha value is -2.49. The Morgan fingerprint density at radius 3 is 2.35 bits per heavy atom. The molecule has 1 N–H and O–H groups in total. The Balaban J connectivity index is 2.15. The molecule has 0 saturated heterocycles. The number of hydrogen-bond donors (Lipinski definition) is 1. The first-order valence-corrected chi connectivity index (χ1v) is 7.98. The highest BCUT2D eigenvalue weighted by molar-refractivity contribution is 5.77. The van der Waals surface area contributed by atoms with Crippen LogP contribution in [0, 0.1) is 6.92 Å². The van der Waals surface area contributed by atoms with E-state index in [0.717, 1.165) is 22.7 Å². The Kier molecular flexibility index (Phi) is 3.99. The molecule has 0 atom stereocenters. The number of aryl methyl sites for hydroxylation is 1. The lowest BCUT2D eigenvalue weighted by atomic mass is 10.1. The molecule has 3 aromatic rings. The number of rotatable bonds is 4. The van der Waals surface area contributed by atoms with Crippen molar-refractivity contribution in [2.24, 2.45) is 0 Å². The van der Waals surface area contributed by atoms with Gasteiger partial charge in [-0.2, -0.15) is 0 Å². The van der Waals surface area contributed by atoms with Gasteiger partial charge >= 0.3 is 0 Å². The second kappa shape index (κ2) is 5.95. The van der Waals surface area contributed by atoms with Crippen molar-refractivity contribution in [3.8, 4) is 11.3 Å². The number of benzene rings is 1. The molecule has 0 bridgehead atoms. The summed E-state index contributed by atoms with van der Waals surface area (Å²) < 4.78 is 2.14. The molecule has 1 aromatic carbocycles. The number of hydrogen-bond acceptors (Lipinski definition) is 3. The van der Waals surface area contributed by atoms with Crippen LogP contribution in [0.25, 0.3) is 16.9 Å². The van der Waals surface area contributed by atoms with E-state index in [-0.39, 0.29) is 0 Å². The van der Waals surface area contributed by atoms with Gasteiger partial charge in [-0.15, -0.1) is 0 Å². The standard InChI is InChI=1S/C19H24N4/c1-13(2)20-19-18(15-7-9-16(10-8-15)22(4)5)21-17-11-6-14(3)12-23(17)19/h6-13,20H,1-5H3. The lowest BCUT2D eigenvalue weighted by Gasteiger charge is -2.14. The molecule has 2 aromatic heterocycles. The van der Waals surface area contributed by atoms with E-state index in [4.69, 9.17) is 4.98 Å². The molecule has 0 aliphatic heterocycles. The molecule has 4 nitrogen and oxygen atoms in total. The Bertz CT molecular complexity index is 813.